The molecule has 1 aliphatic heterocycles. The van der Waals surface area contributed by atoms with Crippen LogP contribution in [-0.2, 0) is 0 Å². The summed E-state index contributed by atoms with van der Waals surface area (Å²) in [4.78, 5) is 13.9. The summed E-state index contributed by atoms with van der Waals surface area (Å²) in [7, 11) is 2.10. The van der Waals surface area contributed by atoms with E-state index in [4.69, 9.17) is 0 Å². The smallest absolute Gasteiger partial charge is 0.250 e. The third-order valence-electron chi connectivity index (χ3n) is 2.85. The molecule has 0 radical (unpaired) electrons. The van der Waals surface area contributed by atoms with Gasteiger partial charge in [-0.05, 0) is 32.5 Å². The van der Waals surface area contributed by atoms with Crippen molar-refractivity contribution in [1.29, 1.82) is 0 Å². The number of likely N-dealkylation sites (N-methyl/N-ethyl adjacent to an activating group) is 1. The molecule has 76 valence electrons. The van der Waals surface area contributed by atoms with Gasteiger partial charge in [0.05, 0.1) is 6.04 Å². The van der Waals surface area contributed by atoms with Gasteiger partial charge in [0.25, 0.3) is 5.56 Å². The molecule has 0 spiro atoms. The van der Waals surface area contributed by atoms with Crippen molar-refractivity contribution in [3.05, 3.63) is 34.2 Å². The van der Waals surface area contributed by atoms with E-state index in [1.807, 2.05) is 23.8 Å². The standard InChI is InChI=1S/C11H16N2O/c1-9-3-4-11(14)13(7-9)10-5-6-12(2)8-10/h3-4,7,10H,5-6,8H2,1-2H3. The van der Waals surface area contributed by atoms with E-state index in [1.54, 1.807) is 6.07 Å². The maximum Gasteiger partial charge on any atom is 0.250 e. The van der Waals surface area contributed by atoms with Gasteiger partial charge in [0.1, 0.15) is 0 Å². The largest absolute Gasteiger partial charge is 0.311 e. The molecule has 14 heavy (non-hydrogen) atoms. The molecule has 3 nitrogen and oxygen atoms in total. The average Bonchev–Trinajstić information content (AvgIpc) is 2.56. The van der Waals surface area contributed by atoms with E-state index in [0.29, 0.717) is 6.04 Å². The van der Waals surface area contributed by atoms with Crippen LogP contribution in [0.2, 0.25) is 0 Å². The maximum absolute atomic E-state index is 11.6. The number of nitrogens with zero attached hydrogens (tertiary/aromatic N) is 2. The van der Waals surface area contributed by atoms with Crippen LogP contribution in [0.1, 0.15) is 18.0 Å². The molecule has 0 N–H and O–H groups in total. The number of aromatic nitrogens is 1. The maximum atomic E-state index is 11.6. The van der Waals surface area contributed by atoms with Crippen molar-refractivity contribution in [3.63, 3.8) is 0 Å². The van der Waals surface area contributed by atoms with E-state index in [1.165, 1.54) is 0 Å². The normalized spacial score (nSPS) is 22.9. The Hall–Kier alpha value is -1.09. The van der Waals surface area contributed by atoms with E-state index in [-0.39, 0.29) is 5.56 Å². The fraction of sp³-hybridized carbons (Fsp3) is 0.545. The molecule has 3 heteroatoms. The molecule has 2 rings (SSSR count). The van der Waals surface area contributed by atoms with Crippen LogP contribution in [-0.4, -0.2) is 29.6 Å². The summed E-state index contributed by atoms with van der Waals surface area (Å²) in [5.74, 6) is 0. The predicted octanol–water partition coefficient (Wildman–Crippen LogP) is 1.03. The minimum Gasteiger partial charge on any atom is -0.311 e. The lowest BCUT2D eigenvalue weighted by Crippen LogP contribution is -2.25. The second kappa shape index (κ2) is 3.58. The second-order valence-corrected chi connectivity index (χ2v) is 4.16. The molecule has 2 heterocycles. The summed E-state index contributed by atoms with van der Waals surface area (Å²) in [6, 6.07) is 3.90. The van der Waals surface area contributed by atoms with Crippen LogP contribution >= 0.6 is 0 Å². The van der Waals surface area contributed by atoms with Crippen LogP contribution in [0.4, 0.5) is 0 Å². The second-order valence-electron chi connectivity index (χ2n) is 4.16. The highest BCUT2D eigenvalue weighted by Crippen LogP contribution is 2.18. The lowest BCUT2D eigenvalue weighted by atomic mass is 10.2. The molecule has 0 aromatic carbocycles. The highest BCUT2D eigenvalue weighted by Gasteiger charge is 2.21. The van der Waals surface area contributed by atoms with Gasteiger partial charge in [-0.2, -0.15) is 0 Å². The molecule has 0 saturated carbocycles. The molecule has 0 aliphatic carbocycles. The Morgan fingerprint density at radius 3 is 2.86 bits per heavy atom. The Morgan fingerprint density at radius 1 is 1.43 bits per heavy atom. The lowest BCUT2D eigenvalue weighted by molar-refractivity contribution is 0.389. The van der Waals surface area contributed by atoms with Crippen molar-refractivity contribution in [2.24, 2.45) is 0 Å². The van der Waals surface area contributed by atoms with Gasteiger partial charge in [0.15, 0.2) is 0 Å². The predicted molar refractivity (Wildman–Crippen MR) is 56.6 cm³/mol. The zero-order valence-corrected chi connectivity index (χ0v) is 8.73. The van der Waals surface area contributed by atoms with Crippen molar-refractivity contribution in [1.82, 2.24) is 9.47 Å². The molecular formula is C11H16N2O. The van der Waals surface area contributed by atoms with Crippen LogP contribution in [0.25, 0.3) is 0 Å². The van der Waals surface area contributed by atoms with Crippen LogP contribution in [0, 0.1) is 6.92 Å². The first-order chi connectivity index (χ1) is 6.66. The van der Waals surface area contributed by atoms with Crippen LogP contribution < -0.4 is 5.56 Å². The summed E-state index contributed by atoms with van der Waals surface area (Å²) in [6.07, 6.45) is 3.05. The fourth-order valence-electron chi connectivity index (χ4n) is 2.04. The summed E-state index contributed by atoms with van der Waals surface area (Å²) in [6.45, 7) is 4.10. The van der Waals surface area contributed by atoms with E-state index in [0.717, 1.165) is 25.1 Å². The van der Waals surface area contributed by atoms with Crippen LogP contribution in [0.15, 0.2) is 23.1 Å². The molecule has 1 aromatic heterocycles. The quantitative estimate of drug-likeness (QED) is 0.664. The van der Waals surface area contributed by atoms with Crippen molar-refractivity contribution < 1.29 is 0 Å². The first-order valence-corrected chi connectivity index (χ1v) is 5.04. The molecule has 1 fully saturated rings. The number of hydrogen-bond acceptors (Lipinski definition) is 2. The van der Waals surface area contributed by atoms with E-state index >= 15 is 0 Å². The highest BCUT2D eigenvalue weighted by molar-refractivity contribution is 5.08. The zero-order valence-electron chi connectivity index (χ0n) is 8.73. The Labute approximate surface area is 84.0 Å². The van der Waals surface area contributed by atoms with Gasteiger partial charge in [0, 0.05) is 18.8 Å². The van der Waals surface area contributed by atoms with Gasteiger partial charge >= 0.3 is 0 Å². The van der Waals surface area contributed by atoms with E-state index in [2.05, 4.69) is 11.9 Å². The topological polar surface area (TPSA) is 25.2 Å². The Balaban J connectivity index is 2.32. The number of aryl methyl sites for hydroxylation is 1. The molecule has 1 aromatic rings. The van der Waals surface area contributed by atoms with Gasteiger partial charge < -0.3 is 9.47 Å². The number of likely N-dealkylation sites (tertiary alicyclic amines) is 1. The minimum atomic E-state index is 0.121. The summed E-state index contributed by atoms with van der Waals surface area (Å²) >= 11 is 0. The number of pyridine rings is 1. The van der Waals surface area contributed by atoms with E-state index < -0.39 is 0 Å². The molecule has 1 unspecified atom stereocenters. The first-order valence-electron chi connectivity index (χ1n) is 5.04. The molecule has 1 saturated heterocycles. The molecule has 0 bridgehead atoms. The fourth-order valence-corrected chi connectivity index (χ4v) is 2.04. The van der Waals surface area contributed by atoms with Crippen molar-refractivity contribution in [2.75, 3.05) is 20.1 Å². The third kappa shape index (κ3) is 1.73. The van der Waals surface area contributed by atoms with Gasteiger partial charge in [-0.25, -0.2) is 0 Å². The average molecular weight is 192 g/mol. The number of rotatable bonds is 1. The van der Waals surface area contributed by atoms with Crippen LogP contribution in [0.5, 0.6) is 0 Å². The summed E-state index contributed by atoms with van der Waals surface area (Å²) in [5, 5.41) is 0. The van der Waals surface area contributed by atoms with Crippen molar-refractivity contribution >= 4 is 0 Å². The molecule has 1 aliphatic rings. The van der Waals surface area contributed by atoms with Gasteiger partial charge in [0.2, 0.25) is 0 Å². The summed E-state index contributed by atoms with van der Waals surface area (Å²) in [5.41, 5.74) is 1.27. The zero-order chi connectivity index (χ0) is 10.1. The van der Waals surface area contributed by atoms with Gasteiger partial charge in [-0.15, -0.1) is 0 Å². The van der Waals surface area contributed by atoms with Gasteiger partial charge in [-0.3, -0.25) is 4.79 Å². The summed E-state index contributed by atoms with van der Waals surface area (Å²) < 4.78 is 1.87. The minimum absolute atomic E-state index is 0.121. The number of hydrogen-bond donors (Lipinski definition) is 0. The SMILES string of the molecule is Cc1ccc(=O)n(C2CCN(C)C2)c1. The van der Waals surface area contributed by atoms with Gasteiger partial charge in [-0.1, -0.05) is 6.07 Å². The molecule has 0 amide bonds. The first kappa shape index (κ1) is 9.46. The molecule has 1 atom stereocenters. The third-order valence-corrected chi connectivity index (χ3v) is 2.85. The monoisotopic (exact) mass is 192 g/mol. The Kier molecular flexibility index (Phi) is 2.42. The highest BCUT2D eigenvalue weighted by atomic mass is 16.1. The lowest BCUT2D eigenvalue weighted by Gasteiger charge is -2.14. The molecular weight excluding hydrogens is 176 g/mol. The Bertz CT molecular complexity index is 383. The van der Waals surface area contributed by atoms with Crippen molar-refractivity contribution in [3.8, 4) is 0 Å². The Morgan fingerprint density at radius 2 is 2.21 bits per heavy atom. The van der Waals surface area contributed by atoms with E-state index in [9.17, 15) is 4.79 Å². The van der Waals surface area contributed by atoms with Crippen molar-refractivity contribution in [2.45, 2.75) is 19.4 Å². The van der Waals surface area contributed by atoms with Crippen LogP contribution in [0.3, 0.4) is 0 Å².